The third kappa shape index (κ3) is 3.81. The number of piperazine rings is 1. The van der Waals surface area contributed by atoms with Crippen molar-refractivity contribution in [2.24, 2.45) is 16.7 Å². The molecule has 1 aromatic carbocycles. The van der Waals surface area contributed by atoms with Crippen molar-refractivity contribution in [1.82, 2.24) is 9.80 Å². The molecule has 1 unspecified atom stereocenters. The summed E-state index contributed by atoms with van der Waals surface area (Å²) in [5.41, 5.74) is 2.72. The molecular weight excluding hydrogens is 358 g/mol. The number of unbranched alkanes of at least 4 members (excludes halogenated alkanes) is 1. The largest absolute Gasteiger partial charge is 0.369 e. The number of benzene rings is 1. The van der Waals surface area contributed by atoms with Crippen molar-refractivity contribution in [3.63, 3.8) is 0 Å². The van der Waals surface area contributed by atoms with Crippen molar-refractivity contribution in [1.29, 1.82) is 0 Å². The maximum Gasteiger partial charge on any atom is 0.229 e. The van der Waals surface area contributed by atoms with E-state index in [-0.39, 0.29) is 10.8 Å². The molecule has 1 aromatic rings. The number of fused-ring (bicyclic) bond motifs is 2. The summed E-state index contributed by atoms with van der Waals surface area (Å²) < 4.78 is 0. The van der Waals surface area contributed by atoms with Gasteiger partial charge in [-0.05, 0) is 68.2 Å². The van der Waals surface area contributed by atoms with Crippen molar-refractivity contribution in [3.8, 4) is 0 Å². The molecular formula is C25H39N3O. The number of nitrogens with zero attached hydrogens (tertiary/aromatic N) is 3. The van der Waals surface area contributed by atoms with Crippen LogP contribution in [0.4, 0.5) is 5.69 Å². The lowest BCUT2D eigenvalue weighted by Gasteiger charge is -2.49. The Labute approximate surface area is 177 Å². The molecule has 2 atom stereocenters. The monoisotopic (exact) mass is 397 g/mol. The van der Waals surface area contributed by atoms with Crippen LogP contribution >= 0.6 is 0 Å². The van der Waals surface area contributed by atoms with E-state index in [1.165, 1.54) is 24.1 Å². The molecule has 1 aliphatic carbocycles. The van der Waals surface area contributed by atoms with E-state index >= 15 is 0 Å². The van der Waals surface area contributed by atoms with Crippen LogP contribution in [0.2, 0.25) is 0 Å². The number of carbonyl (C=O) groups is 1. The standard InChI is InChI=1S/C25H39N3O/c1-20-8-7-9-22(18-20)27-16-14-26(15-17-27)12-5-6-13-28-19-21-10-11-25(4,23(28)29)24(21,2)3/h7-9,18,21H,5-6,10-17,19H2,1-4H3/t21?,25-/m0/s1. The van der Waals surface area contributed by atoms with Gasteiger partial charge in [-0.15, -0.1) is 0 Å². The first kappa shape index (κ1) is 20.7. The van der Waals surface area contributed by atoms with Gasteiger partial charge in [-0.25, -0.2) is 0 Å². The highest BCUT2D eigenvalue weighted by Gasteiger charge is 2.60. The van der Waals surface area contributed by atoms with Gasteiger partial charge in [0.05, 0.1) is 5.41 Å². The zero-order chi connectivity index (χ0) is 20.6. The molecule has 29 heavy (non-hydrogen) atoms. The Morgan fingerprint density at radius 1 is 1.03 bits per heavy atom. The van der Waals surface area contributed by atoms with Gasteiger partial charge in [0, 0.05) is 45.0 Å². The van der Waals surface area contributed by atoms with E-state index in [4.69, 9.17) is 0 Å². The number of hydrogen-bond donors (Lipinski definition) is 0. The fraction of sp³-hybridized carbons (Fsp3) is 0.720. The molecule has 4 rings (SSSR count). The van der Waals surface area contributed by atoms with E-state index in [0.717, 1.165) is 58.7 Å². The van der Waals surface area contributed by atoms with E-state index in [2.05, 4.69) is 66.7 Å². The second kappa shape index (κ2) is 7.94. The van der Waals surface area contributed by atoms with Gasteiger partial charge < -0.3 is 9.80 Å². The van der Waals surface area contributed by atoms with Gasteiger partial charge in [-0.1, -0.05) is 32.9 Å². The maximum atomic E-state index is 13.1. The molecule has 2 saturated heterocycles. The minimum Gasteiger partial charge on any atom is -0.369 e. The molecule has 2 heterocycles. The van der Waals surface area contributed by atoms with E-state index < -0.39 is 0 Å². The number of piperidine rings is 1. The Bertz CT molecular complexity index is 737. The topological polar surface area (TPSA) is 26.8 Å². The number of rotatable bonds is 6. The summed E-state index contributed by atoms with van der Waals surface area (Å²) in [5, 5.41) is 0. The number of hydrogen-bond acceptors (Lipinski definition) is 3. The molecule has 0 radical (unpaired) electrons. The molecule has 1 amide bonds. The predicted molar refractivity (Wildman–Crippen MR) is 120 cm³/mol. The molecule has 4 heteroatoms. The minimum absolute atomic E-state index is 0.137. The van der Waals surface area contributed by atoms with Crippen LogP contribution in [0.15, 0.2) is 24.3 Å². The summed E-state index contributed by atoms with van der Waals surface area (Å²) >= 11 is 0. The van der Waals surface area contributed by atoms with E-state index in [9.17, 15) is 4.79 Å². The highest BCUT2D eigenvalue weighted by atomic mass is 16.2. The summed E-state index contributed by atoms with van der Waals surface area (Å²) in [5.74, 6) is 1.10. The first-order valence-corrected chi connectivity index (χ1v) is 11.6. The lowest BCUT2D eigenvalue weighted by Crippen LogP contribution is -2.56. The number of amides is 1. The molecule has 0 aromatic heterocycles. The van der Waals surface area contributed by atoms with E-state index in [0.29, 0.717) is 11.8 Å². The van der Waals surface area contributed by atoms with Crippen LogP contribution in [0.5, 0.6) is 0 Å². The molecule has 0 spiro atoms. The first-order valence-electron chi connectivity index (χ1n) is 11.6. The average molecular weight is 398 g/mol. The summed E-state index contributed by atoms with van der Waals surface area (Å²) in [7, 11) is 0. The van der Waals surface area contributed by atoms with Crippen molar-refractivity contribution < 1.29 is 4.79 Å². The van der Waals surface area contributed by atoms with Crippen molar-refractivity contribution in [3.05, 3.63) is 29.8 Å². The third-order valence-electron chi connectivity index (χ3n) is 8.53. The van der Waals surface area contributed by atoms with Crippen LogP contribution in [-0.4, -0.2) is 61.5 Å². The van der Waals surface area contributed by atoms with Gasteiger partial charge in [0.1, 0.15) is 0 Å². The SMILES string of the molecule is Cc1cccc(N2CCN(CCCCN3CC4CC[C@@](C)(C3=O)C4(C)C)CC2)c1. The quantitative estimate of drug-likeness (QED) is 0.674. The smallest absolute Gasteiger partial charge is 0.229 e. The van der Waals surface area contributed by atoms with E-state index in [1.54, 1.807) is 0 Å². The van der Waals surface area contributed by atoms with Crippen LogP contribution < -0.4 is 4.90 Å². The molecule has 3 aliphatic rings. The zero-order valence-corrected chi connectivity index (χ0v) is 18.9. The van der Waals surface area contributed by atoms with Crippen LogP contribution in [0.1, 0.15) is 52.0 Å². The third-order valence-corrected chi connectivity index (χ3v) is 8.53. The van der Waals surface area contributed by atoms with Crippen LogP contribution in [-0.2, 0) is 4.79 Å². The van der Waals surface area contributed by atoms with Crippen LogP contribution in [0, 0.1) is 23.7 Å². The highest BCUT2D eigenvalue weighted by Crippen LogP contribution is 2.59. The molecule has 1 saturated carbocycles. The zero-order valence-electron chi connectivity index (χ0n) is 18.9. The fourth-order valence-electron chi connectivity index (χ4n) is 5.88. The maximum absolute atomic E-state index is 13.1. The molecule has 0 N–H and O–H groups in total. The lowest BCUT2D eigenvalue weighted by atomic mass is 9.62. The normalized spacial score (nSPS) is 29.5. The number of likely N-dealkylation sites (tertiary alicyclic amines) is 1. The Morgan fingerprint density at radius 3 is 2.48 bits per heavy atom. The Hall–Kier alpha value is -1.55. The van der Waals surface area contributed by atoms with Gasteiger partial charge in [0.2, 0.25) is 5.91 Å². The summed E-state index contributed by atoms with van der Waals surface area (Å²) in [6.07, 6.45) is 4.62. The van der Waals surface area contributed by atoms with Gasteiger partial charge in [0.15, 0.2) is 0 Å². The fourth-order valence-corrected chi connectivity index (χ4v) is 5.88. The van der Waals surface area contributed by atoms with Crippen LogP contribution in [0.3, 0.4) is 0 Å². The van der Waals surface area contributed by atoms with Crippen LogP contribution in [0.25, 0.3) is 0 Å². The second-order valence-electron chi connectivity index (χ2n) is 10.4. The number of carbonyl (C=O) groups excluding carboxylic acids is 1. The highest BCUT2D eigenvalue weighted by molar-refractivity contribution is 5.85. The summed E-state index contributed by atoms with van der Waals surface area (Å²) in [6, 6.07) is 8.85. The van der Waals surface area contributed by atoms with Gasteiger partial charge in [-0.3, -0.25) is 9.69 Å². The van der Waals surface area contributed by atoms with Gasteiger partial charge in [-0.2, -0.15) is 0 Å². The van der Waals surface area contributed by atoms with Crippen molar-refractivity contribution in [2.45, 2.75) is 53.4 Å². The first-order chi connectivity index (χ1) is 13.8. The summed E-state index contributed by atoms with van der Waals surface area (Å²) in [6.45, 7) is 16.6. The Kier molecular flexibility index (Phi) is 5.67. The molecule has 3 fully saturated rings. The number of aryl methyl sites for hydroxylation is 1. The Morgan fingerprint density at radius 2 is 1.76 bits per heavy atom. The summed E-state index contributed by atoms with van der Waals surface area (Å²) in [4.78, 5) is 20.4. The minimum atomic E-state index is -0.137. The predicted octanol–water partition coefficient (Wildman–Crippen LogP) is 4.18. The molecule has 2 bridgehead atoms. The van der Waals surface area contributed by atoms with Gasteiger partial charge in [0.25, 0.3) is 0 Å². The number of anilines is 1. The average Bonchev–Trinajstić information content (AvgIpc) is 2.84. The second-order valence-corrected chi connectivity index (χ2v) is 10.4. The Balaban J connectivity index is 1.19. The molecule has 160 valence electrons. The van der Waals surface area contributed by atoms with Gasteiger partial charge >= 0.3 is 0 Å². The van der Waals surface area contributed by atoms with E-state index in [1.807, 2.05) is 0 Å². The molecule has 2 aliphatic heterocycles. The lowest BCUT2D eigenvalue weighted by molar-refractivity contribution is -0.155. The van der Waals surface area contributed by atoms with Crippen molar-refractivity contribution >= 4 is 11.6 Å². The van der Waals surface area contributed by atoms with Crippen molar-refractivity contribution in [2.75, 3.05) is 50.7 Å². The molecule has 4 nitrogen and oxygen atoms in total.